The van der Waals surface area contributed by atoms with Crippen LogP contribution in [0.4, 0.5) is 0 Å². The normalized spacial score (nSPS) is 24.8. The molecular formula is C13H25NO3. The Hall–Kier alpha value is -0.610. The summed E-state index contributed by atoms with van der Waals surface area (Å²) in [5.41, 5.74) is 0. The molecule has 0 heterocycles. The van der Waals surface area contributed by atoms with E-state index in [0.717, 1.165) is 51.6 Å². The summed E-state index contributed by atoms with van der Waals surface area (Å²) in [7, 11) is 0. The Morgan fingerprint density at radius 2 is 1.94 bits per heavy atom. The van der Waals surface area contributed by atoms with Gasteiger partial charge in [-0.1, -0.05) is 12.8 Å². The molecule has 4 nitrogen and oxygen atoms in total. The fourth-order valence-corrected chi connectivity index (χ4v) is 2.60. The number of carboxylic acid groups (broad SMARTS) is 1. The summed E-state index contributed by atoms with van der Waals surface area (Å²) in [6.45, 7) is 2.03. The van der Waals surface area contributed by atoms with Gasteiger partial charge in [0.2, 0.25) is 0 Å². The highest BCUT2D eigenvalue weighted by molar-refractivity contribution is 5.70. The van der Waals surface area contributed by atoms with E-state index >= 15 is 0 Å². The van der Waals surface area contributed by atoms with Crippen molar-refractivity contribution in [3.8, 4) is 0 Å². The Morgan fingerprint density at radius 1 is 1.18 bits per heavy atom. The van der Waals surface area contributed by atoms with Crippen molar-refractivity contribution < 1.29 is 15.0 Å². The molecule has 0 aromatic carbocycles. The van der Waals surface area contributed by atoms with E-state index in [1.165, 1.54) is 6.42 Å². The Bertz CT molecular complexity index is 221. The van der Waals surface area contributed by atoms with Crippen LogP contribution in [0.5, 0.6) is 0 Å². The molecule has 0 saturated heterocycles. The predicted molar refractivity (Wildman–Crippen MR) is 66.9 cm³/mol. The number of nitrogens with one attached hydrogen (secondary N) is 1. The van der Waals surface area contributed by atoms with Crippen molar-refractivity contribution in [2.24, 2.45) is 11.8 Å². The smallest absolute Gasteiger partial charge is 0.306 e. The van der Waals surface area contributed by atoms with E-state index in [1.54, 1.807) is 0 Å². The first kappa shape index (κ1) is 14.5. The molecule has 1 fully saturated rings. The third-order valence-electron chi connectivity index (χ3n) is 3.64. The largest absolute Gasteiger partial charge is 0.481 e. The molecule has 100 valence electrons. The Labute approximate surface area is 103 Å². The van der Waals surface area contributed by atoms with E-state index in [2.05, 4.69) is 5.32 Å². The van der Waals surface area contributed by atoms with Gasteiger partial charge in [0, 0.05) is 6.61 Å². The van der Waals surface area contributed by atoms with Gasteiger partial charge in [-0.25, -0.2) is 0 Å². The number of aliphatic hydroxyl groups excluding tert-OH is 1. The minimum atomic E-state index is -0.628. The summed E-state index contributed by atoms with van der Waals surface area (Å²) >= 11 is 0. The first-order valence-corrected chi connectivity index (χ1v) is 6.80. The Balaban J connectivity index is 2.13. The molecule has 3 N–H and O–H groups in total. The van der Waals surface area contributed by atoms with Crippen molar-refractivity contribution in [1.82, 2.24) is 5.32 Å². The fourth-order valence-electron chi connectivity index (χ4n) is 2.60. The van der Waals surface area contributed by atoms with Crippen LogP contribution in [0.2, 0.25) is 0 Å². The Kier molecular flexibility index (Phi) is 7.21. The second kappa shape index (κ2) is 8.48. The monoisotopic (exact) mass is 243 g/mol. The van der Waals surface area contributed by atoms with Crippen LogP contribution in [0.25, 0.3) is 0 Å². The van der Waals surface area contributed by atoms with E-state index < -0.39 is 5.97 Å². The zero-order valence-corrected chi connectivity index (χ0v) is 10.5. The first-order valence-electron chi connectivity index (χ1n) is 6.80. The number of rotatable bonds is 8. The lowest BCUT2D eigenvalue weighted by Gasteiger charge is -2.28. The maximum atomic E-state index is 11.1. The molecule has 17 heavy (non-hydrogen) atoms. The first-order chi connectivity index (χ1) is 8.25. The van der Waals surface area contributed by atoms with E-state index in [1.807, 2.05) is 0 Å². The van der Waals surface area contributed by atoms with Crippen LogP contribution in [0.15, 0.2) is 0 Å². The van der Waals surface area contributed by atoms with Crippen LogP contribution < -0.4 is 5.32 Å². The predicted octanol–water partition coefficient (Wildman–Crippen LogP) is 1.63. The summed E-state index contributed by atoms with van der Waals surface area (Å²) in [6, 6.07) is 0. The highest BCUT2D eigenvalue weighted by Crippen LogP contribution is 2.29. The molecule has 0 aromatic rings. The quantitative estimate of drug-likeness (QED) is 0.567. The van der Waals surface area contributed by atoms with Gasteiger partial charge in [-0.05, 0) is 51.1 Å². The zero-order chi connectivity index (χ0) is 12.5. The SMILES string of the molecule is O=C(O)C1CCCCC1CNCCCCCO. The van der Waals surface area contributed by atoms with Crippen LogP contribution >= 0.6 is 0 Å². The number of hydrogen-bond acceptors (Lipinski definition) is 3. The van der Waals surface area contributed by atoms with Crippen molar-refractivity contribution in [2.45, 2.75) is 44.9 Å². The van der Waals surface area contributed by atoms with Crippen LogP contribution in [0.3, 0.4) is 0 Å². The van der Waals surface area contributed by atoms with Crippen molar-refractivity contribution in [2.75, 3.05) is 19.7 Å². The van der Waals surface area contributed by atoms with E-state index in [-0.39, 0.29) is 12.5 Å². The zero-order valence-electron chi connectivity index (χ0n) is 10.5. The summed E-state index contributed by atoms with van der Waals surface area (Å²) < 4.78 is 0. The molecule has 4 heteroatoms. The molecule has 2 unspecified atom stereocenters. The van der Waals surface area contributed by atoms with Crippen molar-refractivity contribution >= 4 is 5.97 Å². The van der Waals surface area contributed by atoms with Gasteiger partial charge in [0.15, 0.2) is 0 Å². The van der Waals surface area contributed by atoms with Crippen LogP contribution in [0.1, 0.15) is 44.9 Å². The highest BCUT2D eigenvalue weighted by Gasteiger charge is 2.30. The summed E-state index contributed by atoms with van der Waals surface area (Å²) in [6.07, 6.45) is 7.07. The van der Waals surface area contributed by atoms with Gasteiger partial charge >= 0.3 is 5.97 Å². The van der Waals surface area contributed by atoms with Gasteiger partial charge in [0.05, 0.1) is 5.92 Å². The molecule has 1 saturated carbocycles. The molecule has 0 radical (unpaired) electrons. The molecule has 1 aliphatic rings. The van der Waals surface area contributed by atoms with E-state index in [0.29, 0.717) is 5.92 Å². The number of carboxylic acids is 1. The van der Waals surface area contributed by atoms with Gasteiger partial charge in [-0.2, -0.15) is 0 Å². The topological polar surface area (TPSA) is 69.6 Å². The van der Waals surface area contributed by atoms with Gasteiger partial charge in [-0.15, -0.1) is 0 Å². The van der Waals surface area contributed by atoms with Gasteiger partial charge in [-0.3, -0.25) is 4.79 Å². The maximum Gasteiger partial charge on any atom is 0.306 e. The van der Waals surface area contributed by atoms with Crippen LogP contribution in [-0.2, 0) is 4.79 Å². The summed E-state index contributed by atoms with van der Waals surface area (Å²) in [5.74, 6) is -0.468. The number of carbonyl (C=O) groups is 1. The third kappa shape index (κ3) is 5.50. The Morgan fingerprint density at radius 3 is 2.65 bits per heavy atom. The summed E-state index contributed by atoms with van der Waals surface area (Å²) in [5, 5.41) is 21.1. The van der Waals surface area contributed by atoms with E-state index in [4.69, 9.17) is 10.2 Å². The second-order valence-corrected chi connectivity index (χ2v) is 4.98. The van der Waals surface area contributed by atoms with Gasteiger partial charge < -0.3 is 15.5 Å². The molecule has 0 spiro atoms. The number of aliphatic hydroxyl groups is 1. The molecule has 0 bridgehead atoms. The summed E-state index contributed by atoms with van der Waals surface area (Å²) in [4.78, 5) is 11.1. The van der Waals surface area contributed by atoms with E-state index in [9.17, 15) is 4.79 Å². The average molecular weight is 243 g/mol. The minimum Gasteiger partial charge on any atom is -0.481 e. The van der Waals surface area contributed by atoms with Crippen molar-refractivity contribution in [3.63, 3.8) is 0 Å². The molecule has 0 aliphatic heterocycles. The number of aliphatic carboxylic acids is 1. The van der Waals surface area contributed by atoms with Gasteiger partial charge in [0.1, 0.15) is 0 Å². The number of hydrogen-bond donors (Lipinski definition) is 3. The lowest BCUT2D eigenvalue weighted by molar-refractivity contribution is -0.144. The molecule has 0 aromatic heterocycles. The molecule has 1 rings (SSSR count). The number of unbranched alkanes of at least 4 members (excludes halogenated alkanes) is 2. The van der Waals surface area contributed by atoms with Crippen LogP contribution in [0, 0.1) is 11.8 Å². The lowest BCUT2D eigenvalue weighted by atomic mass is 9.79. The third-order valence-corrected chi connectivity index (χ3v) is 3.64. The molecule has 0 amide bonds. The molecule has 2 atom stereocenters. The lowest BCUT2D eigenvalue weighted by Crippen LogP contribution is -2.35. The standard InChI is InChI=1S/C13H25NO3/c15-9-5-1-4-8-14-10-11-6-2-3-7-12(11)13(16)17/h11-12,14-15H,1-10H2,(H,16,17). The minimum absolute atomic E-state index is 0.145. The van der Waals surface area contributed by atoms with Gasteiger partial charge in [0.25, 0.3) is 0 Å². The second-order valence-electron chi connectivity index (χ2n) is 4.98. The van der Waals surface area contributed by atoms with Crippen LogP contribution in [-0.4, -0.2) is 35.9 Å². The fraction of sp³-hybridized carbons (Fsp3) is 0.923. The maximum absolute atomic E-state index is 11.1. The average Bonchev–Trinajstić information content (AvgIpc) is 2.34. The molecule has 1 aliphatic carbocycles. The highest BCUT2D eigenvalue weighted by atomic mass is 16.4. The molecular weight excluding hydrogens is 218 g/mol. The van der Waals surface area contributed by atoms with Crippen molar-refractivity contribution in [1.29, 1.82) is 0 Å². The van der Waals surface area contributed by atoms with Crippen molar-refractivity contribution in [3.05, 3.63) is 0 Å².